The molecule has 7 nitrogen and oxygen atoms in total. The van der Waals surface area contributed by atoms with Gasteiger partial charge in [0.1, 0.15) is 18.2 Å². The minimum absolute atomic E-state index is 0.0934. The summed E-state index contributed by atoms with van der Waals surface area (Å²) in [5, 5.41) is 18.0. The van der Waals surface area contributed by atoms with Crippen LogP contribution in [0.4, 0.5) is 10.1 Å². The van der Waals surface area contributed by atoms with Crippen molar-refractivity contribution in [3.8, 4) is 5.75 Å². The van der Waals surface area contributed by atoms with Gasteiger partial charge < -0.3 is 15.2 Å². The molecule has 0 saturated carbocycles. The molecule has 8 heteroatoms. The van der Waals surface area contributed by atoms with Gasteiger partial charge in [0.15, 0.2) is 0 Å². The molecule has 3 rings (SSSR count). The van der Waals surface area contributed by atoms with E-state index in [0.717, 1.165) is 18.7 Å². The number of aliphatic hydroxyl groups is 1. The monoisotopic (exact) mass is 390 g/mol. The predicted molar refractivity (Wildman–Crippen MR) is 104 cm³/mol. The van der Waals surface area contributed by atoms with E-state index in [-0.39, 0.29) is 24.9 Å². The lowest BCUT2D eigenvalue weighted by Gasteiger charge is -2.27. The minimum Gasteiger partial charge on any atom is -0.491 e. The quantitative estimate of drug-likeness (QED) is 0.790. The normalized spacial score (nSPS) is 20.6. The fraction of sp³-hybridized carbons (Fsp3) is 0.500. The summed E-state index contributed by atoms with van der Waals surface area (Å²) in [4.78, 5) is 14.4. The van der Waals surface area contributed by atoms with Crippen LogP contribution >= 0.6 is 0 Å². The zero-order valence-corrected chi connectivity index (χ0v) is 16.3. The molecule has 0 radical (unpaired) electrons. The third-order valence-corrected chi connectivity index (χ3v) is 4.99. The first-order valence-electron chi connectivity index (χ1n) is 9.46. The second-order valence-corrected chi connectivity index (χ2v) is 7.45. The van der Waals surface area contributed by atoms with E-state index in [0.29, 0.717) is 30.8 Å². The summed E-state index contributed by atoms with van der Waals surface area (Å²) in [6.45, 7) is 3.60. The zero-order valence-electron chi connectivity index (χ0n) is 16.3. The molecule has 1 amide bonds. The number of hydrogen-bond donors (Lipinski definition) is 2. The molecule has 2 heterocycles. The molecule has 2 aromatic rings. The summed E-state index contributed by atoms with van der Waals surface area (Å²) in [6, 6.07) is 5.76. The van der Waals surface area contributed by atoms with Crippen molar-refractivity contribution in [2.24, 2.45) is 7.05 Å². The van der Waals surface area contributed by atoms with Crippen molar-refractivity contribution in [1.82, 2.24) is 14.7 Å². The highest BCUT2D eigenvalue weighted by Gasteiger charge is 2.31. The summed E-state index contributed by atoms with van der Waals surface area (Å²) in [6.07, 6.45) is 3.64. The average molecular weight is 390 g/mol. The molecule has 1 aromatic heterocycles. The Bertz CT molecular complexity index is 808. The molecule has 1 saturated heterocycles. The van der Waals surface area contributed by atoms with Gasteiger partial charge in [-0.25, -0.2) is 4.39 Å². The summed E-state index contributed by atoms with van der Waals surface area (Å²) in [5.74, 6) is 0.113. The number of ether oxygens (including phenoxy) is 1. The van der Waals surface area contributed by atoms with Crippen molar-refractivity contribution in [3.63, 3.8) is 0 Å². The van der Waals surface area contributed by atoms with E-state index >= 15 is 0 Å². The maximum Gasteiger partial charge on any atom is 0.238 e. The third kappa shape index (κ3) is 5.53. The summed E-state index contributed by atoms with van der Waals surface area (Å²) in [5.41, 5.74) is 0.532. The molecule has 1 aliphatic heterocycles. The van der Waals surface area contributed by atoms with E-state index in [9.17, 15) is 14.3 Å². The van der Waals surface area contributed by atoms with E-state index in [1.54, 1.807) is 23.0 Å². The average Bonchev–Trinajstić information content (AvgIpc) is 2.84. The first-order valence-corrected chi connectivity index (χ1v) is 9.46. The Morgan fingerprint density at radius 3 is 2.75 bits per heavy atom. The molecule has 1 fully saturated rings. The summed E-state index contributed by atoms with van der Waals surface area (Å²) in [7, 11) is 1.81. The van der Waals surface area contributed by atoms with Crippen LogP contribution in [0.25, 0.3) is 0 Å². The van der Waals surface area contributed by atoms with Crippen LogP contribution in [-0.2, 0) is 11.8 Å². The predicted octanol–water partition coefficient (Wildman–Crippen LogP) is 2.10. The van der Waals surface area contributed by atoms with Crippen molar-refractivity contribution in [2.75, 3.05) is 31.6 Å². The lowest BCUT2D eigenvalue weighted by Crippen LogP contribution is -2.38. The Kier molecular flexibility index (Phi) is 6.31. The number of rotatable bonds is 6. The fourth-order valence-electron chi connectivity index (χ4n) is 3.40. The Morgan fingerprint density at radius 2 is 2.07 bits per heavy atom. The van der Waals surface area contributed by atoms with Crippen molar-refractivity contribution < 1.29 is 19.0 Å². The number of benzene rings is 1. The van der Waals surface area contributed by atoms with E-state index in [2.05, 4.69) is 10.4 Å². The number of anilines is 1. The SMILES string of the molecule is Cc1nn(C)cc1NC(=O)CN1CCCC(O)(COc2ccc(F)cc2)CC1. The second-order valence-electron chi connectivity index (χ2n) is 7.45. The summed E-state index contributed by atoms with van der Waals surface area (Å²) < 4.78 is 20.3. The van der Waals surface area contributed by atoms with Gasteiger partial charge >= 0.3 is 0 Å². The Morgan fingerprint density at radius 1 is 1.32 bits per heavy atom. The van der Waals surface area contributed by atoms with Gasteiger partial charge in [0, 0.05) is 19.8 Å². The first kappa shape index (κ1) is 20.3. The highest BCUT2D eigenvalue weighted by molar-refractivity contribution is 5.92. The smallest absolute Gasteiger partial charge is 0.238 e. The molecule has 2 N–H and O–H groups in total. The maximum absolute atomic E-state index is 13.0. The van der Waals surface area contributed by atoms with Gasteiger partial charge in [-0.1, -0.05) is 0 Å². The van der Waals surface area contributed by atoms with Gasteiger partial charge in [-0.15, -0.1) is 0 Å². The molecule has 0 bridgehead atoms. The fourth-order valence-corrected chi connectivity index (χ4v) is 3.40. The highest BCUT2D eigenvalue weighted by Crippen LogP contribution is 2.24. The van der Waals surface area contributed by atoms with Crippen LogP contribution in [0, 0.1) is 12.7 Å². The van der Waals surface area contributed by atoms with Crippen LogP contribution in [0.1, 0.15) is 25.0 Å². The first-order chi connectivity index (χ1) is 13.3. The number of aryl methyl sites for hydroxylation is 2. The number of likely N-dealkylation sites (tertiary alicyclic amines) is 1. The topological polar surface area (TPSA) is 79.6 Å². The van der Waals surface area contributed by atoms with Crippen LogP contribution in [0.3, 0.4) is 0 Å². The molecule has 0 aliphatic carbocycles. The maximum atomic E-state index is 13.0. The van der Waals surface area contributed by atoms with Crippen molar-refractivity contribution in [2.45, 2.75) is 31.8 Å². The largest absolute Gasteiger partial charge is 0.491 e. The van der Waals surface area contributed by atoms with Crippen LogP contribution in [0.5, 0.6) is 5.75 Å². The van der Waals surface area contributed by atoms with Crippen molar-refractivity contribution in [1.29, 1.82) is 0 Å². The van der Waals surface area contributed by atoms with E-state index < -0.39 is 5.60 Å². The standard InChI is InChI=1S/C20H27FN4O3/c1-15-18(12-24(2)23-15)22-19(26)13-25-10-3-8-20(27,9-11-25)14-28-17-6-4-16(21)5-7-17/h4-7,12,27H,3,8-11,13-14H2,1-2H3,(H,22,26). The molecule has 152 valence electrons. The number of nitrogens with zero attached hydrogens (tertiary/aromatic N) is 3. The van der Waals surface area contributed by atoms with E-state index in [1.807, 2.05) is 18.9 Å². The van der Waals surface area contributed by atoms with Gasteiger partial charge in [0.25, 0.3) is 0 Å². The summed E-state index contributed by atoms with van der Waals surface area (Å²) >= 11 is 0. The van der Waals surface area contributed by atoms with Crippen LogP contribution in [0.15, 0.2) is 30.5 Å². The van der Waals surface area contributed by atoms with Gasteiger partial charge in [-0.2, -0.15) is 5.10 Å². The number of aromatic nitrogens is 2. The lowest BCUT2D eigenvalue weighted by atomic mass is 9.96. The highest BCUT2D eigenvalue weighted by atomic mass is 19.1. The molecule has 28 heavy (non-hydrogen) atoms. The number of nitrogens with one attached hydrogen (secondary N) is 1. The van der Waals surface area contributed by atoms with Gasteiger partial charge in [-0.3, -0.25) is 14.4 Å². The number of carbonyl (C=O) groups excluding carboxylic acids is 1. The molecule has 1 unspecified atom stereocenters. The Labute approximate surface area is 164 Å². The minimum atomic E-state index is -0.959. The Balaban J connectivity index is 1.48. The number of hydrogen-bond acceptors (Lipinski definition) is 5. The van der Waals surface area contributed by atoms with Crippen molar-refractivity contribution >= 4 is 11.6 Å². The second kappa shape index (κ2) is 8.70. The molecular weight excluding hydrogens is 363 g/mol. The number of halogens is 1. The van der Waals surface area contributed by atoms with E-state index in [4.69, 9.17) is 4.74 Å². The van der Waals surface area contributed by atoms with Gasteiger partial charge in [-0.05, 0) is 57.0 Å². The van der Waals surface area contributed by atoms with Crippen LogP contribution in [0.2, 0.25) is 0 Å². The van der Waals surface area contributed by atoms with Gasteiger partial charge in [0.2, 0.25) is 5.91 Å². The molecule has 0 spiro atoms. The van der Waals surface area contributed by atoms with Gasteiger partial charge in [0.05, 0.1) is 23.5 Å². The molecular formula is C20H27FN4O3. The molecule has 1 atom stereocenters. The van der Waals surface area contributed by atoms with Crippen molar-refractivity contribution in [3.05, 3.63) is 42.0 Å². The lowest BCUT2D eigenvalue weighted by molar-refractivity contribution is -0.117. The zero-order chi connectivity index (χ0) is 20.1. The van der Waals surface area contributed by atoms with Crippen LogP contribution in [-0.4, -0.2) is 57.5 Å². The molecule has 1 aliphatic rings. The number of carbonyl (C=O) groups is 1. The Hall–Kier alpha value is -2.45. The number of amides is 1. The third-order valence-electron chi connectivity index (χ3n) is 4.99. The molecule has 1 aromatic carbocycles. The van der Waals surface area contributed by atoms with Crippen LogP contribution < -0.4 is 10.1 Å². The van der Waals surface area contributed by atoms with E-state index in [1.165, 1.54) is 12.1 Å².